The fraction of sp³-hybridized carbons (Fsp3) is 0.560. The topological polar surface area (TPSA) is 61.4 Å². The number of halogens is 5. The van der Waals surface area contributed by atoms with E-state index in [2.05, 4.69) is 20.2 Å². The first-order chi connectivity index (χ1) is 16.8. The SMILES string of the molecule is CC(C)(C)c1nc(N2CCN(CC3CC3CNC(=O)c3ccc(F)cc3Cl)CC2)cc(C(F)(F)F)n1. The van der Waals surface area contributed by atoms with Gasteiger partial charge in [0.1, 0.15) is 23.2 Å². The van der Waals surface area contributed by atoms with E-state index in [-0.39, 0.29) is 22.3 Å². The lowest BCUT2D eigenvalue weighted by atomic mass is 9.95. The van der Waals surface area contributed by atoms with Crippen molar-refractivity contribution in [1.82, 2.24) is 20.2 Å². The van der Waals surface area contributed by atoms with Crippen molar-refractivity contribution in [3.05, 3.63) is 52.2 Å². The van der Waals surface area contributed by atoms with E-state index >= 15 is 0 Å². The molecule has 1 amide bonds. The van der Waals surface area contributed by atoms with Gasteiger partial charge in [-0.1, -0.05) is 32.4 Å². The number of aromatic nitrogens is 2. The predicted octanol–water partition coefficient (Wildman–Crippen LogP) is 4.77. The third kappa shape index (κ3) is 6.45. The molecule has 2 unspecified atom stereocenters. The zero-order valence-electron chi connectivity index (χ0n) is 20.5. The minimum Gasteiger partial charge on any atom is -0.354 e. The van der Waals surface area contributed by atoms with Crippen LogP contribution in [0.5, 0.6) is 0 Å². The van der Waals surface area contributed by atoms with Crippen LogP contribution in [-0.4, -0.2) is 60.0 Å². The number of amides is 1. The van der Waals surface area contributed by atoms with Crippen molar-refractivity contribution in [1.29, 1.82) is 0 Å². The van der Waals surface area contributed by atoms with Gasteiger partial charge in [-0.05, 0) is 36.5 Å². The first-order valence-electron chi connectivity index (χ1n) is 12.0. The van der Waals surface area contributed by atoms with Gasteiger partial charge >= 0.3 is 6.18 Å². The van der Waals surface area contributed by atoms with Crippen molar-refractivity contribution in [2.24, 2.45) is 11.8 Å². The molecule has 1 aliphatic carbocycles. The van der Waals surface area contributed by atoms with Crippen molar-refractivity contribution >= 4 is 23.3 Å². The largest absolute Gasteiger partial charge is 0.433 e. The summed E-state index contributed by atoms with van der Waals surface area (Å²) in [5.41, 5.74) is -1.26. The highest BCUT2D eigenvalue weighted by molar-refractivity contribution is 6.33. The molecule has 2 heterocycles. The smallest absolute Gasteiger partial charge is 0.354 e. The van der Waals surface area contributed by atoms with Crippen LogP contribution in [0.1, 0.15) is 49.1 Å². The monoisotopic (exact) mass is 527 g/mol. The van der Waals surface area contributed by atoms with Crippen molar-refractivity contribution in [2.75, 3.05) is 44.2 Å². The van der Waals surface area contributed by atoms with E-state index in [0.29, 0.717) is 37.3 Å². The number of benzene rings is 1. The Bertz CT molecular complexity index is 1080. The molecule has 2 aliphatic rings. The van der Waals surface area contributed by atoms with Gasteiger partial charge in [0.2, 0.25) is 0 Å². The molecule has 0 spiro atoms. The van der Waals surface area contributed by atoms with Crippen LogP contribution in [0, 0.1) is 17.7 Å². The fourth-order valence-corrected chi connectivity index (χ4v) is 4.60. The van der Waals surface area contributed by atoms with Crippen molar-refractivity contribution in [3.8, 4) is 0 Å². The quantitative estimate of drug-likeness (QED) is 0.548. The molecule has 0 bridgehead atoms. The third-order valence-electron chi connectivity index (χ3n) is 6.63. The van der Waals surface area contributed by atoms with E-state index < -0.39 is 23.1 Å². The van der Waals surface area contributed by atoms with E-state index in [4.69, 9.17) is 11.6 Å². The van der Waals surface area contributed by atoms with Crippen LogP contribution in [-0.2, 0) is 11.6 Å². The van der Waals surface area contributed by atoms with Crippen LogP contribution in [0.4, 0.5) is 23.4 Å². The van der Waals surface area contributed by atoms with E-state index in [9.17, 15) is 22.4 Å². The minimum atomic E-state index is -4.53. The summed E-state index contributed by atoms with van der Waals surface area (Å²) < 4.78 is 53.5. The highest BCUT2D eigenvalue weighted by Gasteiger charge is 2.39. The molecule has 0 radical (unpaired) electrons. The van der Waals surface area contributed by atoms with Gasteiger partial charge in [-0.25, -0.2) is 14.4 Å². The summed E-state index contributed by atoms with van der Waals surface area (Å²) in [7, 11) is 0. The number of hydrogen-bond donors (Lipinski definition) is 1. The molecule has 196 valence electrons. The molecule has 1 N–H and O–H groups in total. The predicted molar refractivity (Wildman–Crippen MR) is 130 cm³/mol. The van der Waals surface area contributed by atoms with Gasteiger partial charge in [0.05, 0.1) is 10.6 Å². The van der Waals surface area contributed by atoms with Gasteiger partial charge in [0, 0.05) is 50.7 Å². The number of nitrogens with zero attached hydrogens (tertiary/aromatic N) is 4. The van der Waals surface area contributed by atoms with Crippen molar-refractivity contribution < 1.29 is 22.4 Å². The zero-order valence-corrected chi connectivity index (χ0v) is 21.3. The summed E-state index contributed by atoms with van der Waals surface area (Å²) in [6, 6.07) is 4.73. The van der Waals surface area contributed by atoms with Crippen molar-refractivity contribution in [2.45, 2.75) is 38.8 Å². The van der Waals surface area contributed by atoms with Crippen LogP contribution < -0.4 is 10.2 Å². The van der Waals surface area contributed by atoms with Gasteiger partial charge in [-0.3, -0.25) is 9.69 Å². The maximum absolute atomic E-state index is 13.4. The highest BCUT2D eigenvalue weighted by atomic mass is 35.5. The number of carbonyl (C=O) groups is 1. The first kappa shape index (κ1) is 26.6. The molecule has 2 aromatic rings. The number of rotatable bonds is 6. The number of nitrogens with one attached hydrogen (secondary N) is 1. The Kier molecular flexibility index (Phi) is 7.48. The van der Waals surface area contributed by atoms with Gasteiger partial charge in [0.15, 0.2) is 0 Å². The Labute approximate surface area is 213 Å². The van der Waals surface area contributed by atoms with Crippen LogP contribution >= 0.6 is 11.6 Å². The molecule has 2 fully saturated rings. The number of piperazine rings is 1. The van der Waals surface area contributed by atoms with Crippen LogP contribution in [0.3, 0.4) is 0 Å². The second kappa shape index (κ2) is 10.1. The first-order valence-corrected chi connectivity index (χ1v) is 12.4. The van der Waals surface area contributed by atoms with E-state index in [1.54, 1.807) is 20.8 Å². The fourth-order valence-electron chi connectivity index (χ4n) is 4.34. The third-order valence-corrected chi connectivity index (χ3v) is 6.95. The summed E-state index contributed by atoms with van der Waals surface area (Å²) in [4.78, 5) is 24.8. The Morgan fingerprint density at radius 2 is 1.78 bits per heavy atom. The molecule has 1 aromatic carbocycles. The number of carbonyl (C=O) groups excluding carboxylic acids is 1. The summed E-state index contributed by atoms with van der Waals surface area (Å²) in [5.74, 6) is 0.486. The molecule has 4 rings (SSSR count). The Hall–Kier alpha value is -2.46. The number of alkyl halides is 3. The Balaban J connectivity index is 1.27. The Morgan fingerprint density at radius 3 is 2.39 bits per heavy atom. The van der Waals surface area contributed by atoms with Gasteiger partial charge < -0.3 is 10.2 Å². The standard InChI is InChI=1S/C25H30ClF4N5O/c1-24(2,3)23-32-20(25(28,29)30)12-21(33-23)35-8-6-34(7-9-35)14-16-10-15(16)13-31-22(36)18-5-4-17(27)11-19(18)26/h4-5,11-12,15-16H,6-10,13-14H2,1-3H3,(H,31,36). The van der Waals surface area contributed by atoms with Crippen LogP contribution in [0.25, 0.3) is 0 Å². The molecule has 1 saturated carbocycles. The molecule has 6 nitrogen and oxygen atoms in total. The van der Waals surface area contributed by atoms with Crippen molar-refractivity contribution in [3.63, 3.8) is 0 Å². The maximum Gasteiger partial charge on any atom is 0.433 e. The molecule has 1 aromatic heterocycles. The van der Waals surface area contributed by atoms with E-state index in [1.807, 2.05) is 4.90 Å². The number of anilines is 1. The molecular weight excluding hydrogens is 498 g/mol. The van der Waals surface area contributed by atoms with Crippen LogP contribution in [0.2, 0.25) is 5.02 Å². The minimum absolute atomic E-state index is 0.0818. The lowest BCUT2D eigenvalue weighted by molar-refractivity contribution is -0.141. The molecule has 2 atom stereocenters. The normalized spacial score (nSPS) is 20.9. The highest BCUT2D eigenvalue weighted by Crippen LogP contribution is 2.39. The second-order valence-electron chi connectivity index (χ2n) is 10.6. The molecular formula is C25H30ClF4N5O. The molecule has 1 aliphatic heterocycles. The lowest BCUT2D eigenvalue weighted by Crippen LogP contribution is -2.47. The average molecular weight is 528 g/mol. The van der Waals surface area contributed by atoms with E-state index in [0.717, 1.165) is 38.2 Å². The lowest BCUT2D eigenvalue weighted by Gasteiger charge is -2.36. The molecule has 11 heteroatoms. The average Bonchev–Trinajstić information content (AvgIpc) is 3.54. The second-order valence-corrected chi connectivity index (χ2v) is 11.0. The summed E-state index contributed by atoms with van der Waals surface area (Å²) in [6.07, 6.45) is -3.54. The van der Waals surface area contributed by atoms with E-state index in [1.165, 1.54) is 12.1 Å². The summed E-state index contributed by atoms with van der Waals surface area (Å²) >= 11 is 5.96. The Morgan fingerprint density at radius 1 is 1.08 bits per heavy atom. The summed E-state index contributed by atoms with van der Waals surface area (Å²) in [6.45, 7) is 9.38. The van der Waals surface area contributed by atoms with Gasteiger partial charge in [-0.15, -0.1) is 0 Å². The van der Waals surface area contributed by atoms with Crippen LogP contribution in [0.15, 0.2) is 24.3 Å². The van der Waals surface area contributed by atoms with Gasteiger partial charge in [0.25, 0.3) is 5.91 Å². The molecule has 1 saturated heterocycles. The maximum atomic E-state index is 13.4. The van der Waals surface area contributed by atoms with Gasteiger partial charge in [-0.2, -0.15) is 13.2 Å². The number of hydrogen-bond acceptors (Lipinski definition) is 5. The molecule has 36 heavy (non-hydrogen) atoms. The summed E-state index contributed by atoms with van der Waals surface area (Å²) in [5, 5.41) is 2.95. The zero-order chi connectivity index (χ0) is 26.3.